The lowest BCUT2D eigenvalue weighted by Crippen LogP contribution is -2.52. The van der Waals surface area contributed by atoms with Crippen LogP contribution in [0.1, 0.15) is 48.8 Å². The molecule has 4 aliphatic rings. The summed E-state index contributed by atoms with van der Waals surface area (Å²) in [5, 5.41) is 6.82. The Labute approximate surface area is 231 Å². The van der Waals surface area contributed by atoms with Crippen molar-refractivity contribution in [3.63, 3.8) is 0 Å². The van der Waals surface area contributed by atoms with E-state index >= 15 is 0 Å². The number of carbonyl (C=O) groups is 1. The van der Waals surface area contributed by atoms with Crippen molar-refractivity contribution in [2.24, 2.45) is 11.7 Å². The zero-order valence-electron chi connectivity index (χ0n) is 23.2. The number of fused-ring (bicyclic) bond motifs is 2. The van der Waals surface area contributed by atoms with E-state index in [9.17, 15) is 4.79 Å². The van der Waals surface area contributed by atoms with Gasteiger partial charge in [0, 0.05) is 75.2 Å². The van der Waals surface area contributed by atoms with E-state index in [0.29, 0.717) is 41.8 Å². The van der Waals surface area contributed by atoms with Crippen LogP contribution in [0, 0.1) is 5.92 Å². The lowest BCUT2D eigenvalue weighted by atomic mass is 10.0. The highest BCUT2D eigenvalue weighted by Gasteiger charge is 2.44. The van der Waals surface area contributed by atoms with E-state index in [0.717, 1.165) is 31.7 Å². The first-order valence-electron chi connectivity index (χ1n) is 14.6. The molecule has 10 heteroatoms. The van der Waals surface area contributed by atoms with Crippen molar-refractivity contribution in [3.8, 4) is 5.88 Å². The van der Waals surface area contributed by atoms with E-state index in [1.54, 1.807) is 0 Å². The van der Waals surface area contributed by atoms with Crippen LogP contribution in [-0.4, -0.2) is 96.7 Å². The van der Waals surface area contributed by atoms with E-state index in [1.165, 1.54) is 51.1 Å². The number of piperazine rings is 1. The Hall–Kier alpha value is -2.95. The Morgan fingerprint density at radius 3 is 2.38 bits per heavy atom. The molecule has 4 N–H and O–H groups in total. The van der Waals surface area contributed by atoms with Gasteiger partial charge in [-0.05, 0) is 63.4 Å². The molecule has 0 radical (unpaired) electrons. The predicted molar refractivity (Wildman–Crippen MR) is 153 cm³/mol. The van der Waals surface area contributed by atoms with Gasteiger partial charge < -0.3 is 30.9 Å². The second kappa shape index (κ2) is 11.3. The summed E-state index contributed by atoms with van der Waals surface area (Å²) in [5.74, 6) is 0.728. The van der Waals surface area contributed by atoms with Crippen molar-refractivity contribution in [2.45, 2.75) is 57.2 Å². The molecule has 4 heterocycles. The first kappa shape index (κ1) is 26.3. The predicted octanol–water partition coefficient (Wildman–Crippen LogP) is 2.23. The highest BCUT2D eigenvalue weighted by molar-refractivity contribution is 5.96. The van der Waals surface area contributed by atoms with Gasteiger partial charge in [-0.1, -0.05) is 6.92 Å². The summed E-state index contributed by atoms with van der Waals surface area (Å²) in [6, 6.07) is 9.38. The molecule has 39 heavy (non-hydrogen) atoms. The standard InChI is InChI=1S/C29H42N8O2/c1-3-23-29(39-26-19-4-9-24(26)31-18-19)34-28(25(33-23)27(30)38)32-20-5-7-21(8-6-20)36-12-10-22(11-13-36)37-16-14-35(2)15-17-37/h5-8,19,22,24,26,31H,3-4,9-18H2,1-2H3,(H2,30,38)(H,32,34)/t19-,24-,26?/m1/s1. The summed E-state index contributed by atoms with van der Waals surface area (Å²) in [4.78, 5) is 29.2. The van der Waals surface area contributed by atoms with Gasteiger partial charge in [0.25, 0.3) is 5.91 Å². The molecule has 6 rings (SSSR count). The molecule has 1 amide bonds. The minimum atomic E-state index is -0.603. The van der Waals surface area contributed by atoms with Gasteiger partial charge in [-0.3, -0.25) is 9.69 Å². The molecule has 1 aliphatic carbocycles. The van der Waals surface area contributed by atoms with Crippen LogP contribution >= 0.6 is 0 Å². The minimum absolute atomic E-state index is 0.0940. The molecular weight excluding hydrogens is 492 g/mol. The SMILES string of the molecule is CCc1nc(C(N)=O)c(Nc2ccc(N3CCC(N4CCN(C)CC4)CC3)cc2)nc1OC1[C@@H]2CC[C@H]1NC2. The third-order valence-corrected chi connectivity index (χ3v) is 9.11. The number of aryl methyl sites for hydroxylation is 1. The molecule has 1 saturated carbocycles. The number of primary amides is 1. The van der Waals surface area contributed by atoms with Crippen LogP contribution in [0.2, 0.25) is 0 Å². The number of nitrogens with zero attached hydrogens (tertiary/aromatic N) is 5. The number of rotatable bonds is 8. The molecule has 1 aromatic carbocycles. The highest BCUT2D eigenvalue weighted by Crippen LogP contribution is 2.36. The minimum Gasteiger partial charge on any atom is -0.471 e. The van der Waals surface area contributed by atoms with Crippen molar-refractivity contribution in [1.29, 1.82) is 0 Å². The topological polar surface area (TPSA) is 112 Å². The maximum atomic E-state index is 12.3. The number of benzene rings is 1. The van der Waals surface area contributed by atoms with Crippen LogP contribution in [-0.2, 0) is 6.42 Å². The smallest absolute Gasteiger partial charge is 0.271 e. The lowest BCUT2D eigenvalue weighted by molar-refractivity contribution is 0.0982. The van der Waals surface area contributed by atoms with Crippen molar-refractivity contribution in [1.82, 2.24) is 25.1 Å². The third kappa shape index (κ3) is 5.55. The molecule has 210 valence electrons. The molecule has 1 unspecified atom stereocenters. The van der Waals surface area contributed by atoms with Crippen LogP contribution in [0.4, 0.5) is 17.2 Å². The fraction of sp³-hybridized carbons (Fsp3) is 0.621. The van der Waals surface area contributed by atoms with Gasteiger partial charge in [-0.2, -0.15) is 4.98 Å². The number of nitrogens with two attached hydrogens (primary N) is 1. The van der Waals surface area contributed by atoms with E-state index in [2.05, 4.69) is 49.5 Å². The molecule has 3 saturated heterocycles. The Balaban J connectivity index is 1.13. The summed E-state index contributed by atoms with van der Waals surface area (Å²) in [7, 11) is 2.21. The maximum absolute atomic E-state index is 12.3. The van der Waals surface area contributed by atoms with Crippen LogP contribution < -0.4 is 26.0 Å². The van der Waals surface area contributed by atoms with E-state index in [-0.39, 0.29) is 11.8 Å². The highest BCUT2D eigenvalue weighted by atomic mass is 16.5. The zero-order chi connectivity index (χ0) is 26.9. The van der Waals surface area contributed by atoms with Gasteiger partial charge in [-0.15, -0.1) is 0 Å². The van der Waals surface area contributed by atoms with E-state index in [4.69, 9.17) is 15.5 Å². The summed E-state index contributed by atoms with van der Waals surface area (Å²) in [6.45, 7) is 9.81. The van der Waals surface area contributed by atoms with Crippen LogP contribution in [0.5, 0.6) is 5.88 Å². The normalized spacial score (nSPS) is 26.2. The van der Waals surface area contributed by atoms with Gasteiger partial charge in [0.05, 0.1) is 0 Å². The Bertz CT molecular complexity index is 1140. The molecule has 2 aromatic rings. The number of likely N-dealkylation sites (N-methyl/N-ethyl adjacent to an activating group) is 1. The number of aromatic nitrogens is 2. The van der Waals surface area contributed by atoms with Crippen molar-refractivity contribution < 1.29 is 9.53 Å². The number of ether oxygens (including phenoxy) is 1. The molecular formula is C29H42N8O2. The quantitative estimate of drug-likeness (QED) is 0.469. The Morgan fingerprint density at radius 1 is 1.05 bits per heavy atom. The number of nitrogens with one attached hydrogen (secondary N) is 2. The molecule has 3 aliphatic heterocycles. The average Bonchev–Trinajstić information content (AvgIpc) is 3.53. The number of anilines is 3. The zero-order valence-corrected chi connectivity index (χ0v) is 23.2. The number of hydrogen-bond acceptors (Lipinski definition) is 9. The van der Waals surface area contributed by atoms with Crippen molar-refractivity contribution in [3.05, 3.63) is 35.7 Å². The van der Waals surface area contributed by atoms with Gasteiger partial charge >= 0.3 is 0 Å². The fourth-order valence-electron chi connectivity index (χ4n) is 6.70. The molecule has 4 fully saturated rings. The lowest BCUT2D eigenvalue weighted by Gasteiger charge is -2.42. The van der Waals surface area contributed by atoms with Gasteiger partial charge in [0.2, 0.25) is 5.88 Å². The maximum Gasteiger partial charge on any atom is 0.271 e. The molecule has 3 atom stereocenters. The number of piperidine rings is 2. The molecule has 1 aromatic heterocycles. The summed E-state index contributed by atoms with van der Waals surface area (Å²) in [5.41, 5.74) is 8.56. The van der Waals surface area contributed by atoms with Crippen LogP contribution in [0.25, 0.3) is 0 Å². The van der Waals surface area contributed by atoms with Gasteiger partial charge in [0.1, 0.15) is 11.8 Å². The number of hydrogen-bond donors (Lipinski definition) is 3. The average molecular weight is 535 g/mol. The van der Waals surface area contributed by atoms with Gasteiger partial charge in [0.15, 0.2) is 11.5 Å². The Kier molecular flexibility index (Phi) is 7.59. The molecule has 2 bridgehead atoms. The van der Waals surface area contributed by atoms with Crippen molar-refractivity contribution in [2.75, 3.05) is 63.1 Å². The second-order valence-corrected chi connectivity index (χ2v) is 11.6. The molecule has 0 spiro atoms. The second-order valence-electron chi connectivity index (χ2n) is 11.6. The molecule has 10 nitrogen and oxygen atoms in total. The largest absolute Gasteiger partial charge is 0.471 e. The number of carbonyl (C=O) groups excluding carboxylic acids is 1. The van der Waals surface area contributed by atoms with E-state index < -0.39 is 5.91 Å². The van der Waals surface area contributed by atoms with Crippen LogP contribution in [0.3, 0.4) is 0 Å². The third-order valence-electron chi connectivity index (χ3n) is 9.11. The summed E-state index contributed by atoms with van der Waals surface area (Å²) >= 11 is 0. The first-order valence-corrected chi connectivity index (χ1v) is 14.6. The van der Waals surface area contributed by atoms with E-state index in [1.807, 2.05) is 19.1 Å². The monoisotopic (exact) mass is 534 g/mol. The fourth-order valence-corrected chi connectivity index (χ4v) is 6.70. The van der Waals surface area contributed by atoms with Gasteiger partial charge in [-0.25, -0.2) is 4.98 Å². The Morgan fingerprint density at radius 2 is 1.79 bits per heavy atom. The summed E-state index contributed by atoms with van der Waals surface area (Å²) in [6.07, 6.45) is 5.39. The van der Waals surface area contributed by atoms with Crippen LogP contribution in [0.15, 0.2) is 24.3 Å². The first-order chi connectivity index (χ1) is 19.0. The van der Waals surface area contributed by atoms with Crippen molar-refractivity contribution >= 4 is 23.1 Å². The number of amides is 1. The summed E-state index contributed by atoms with van der Waals surface area (Å²) < 4.78 is 6.41.